The minimum atomic E-state index is -0.422. The number of hydrogen-bond donors (Lipinski definition) is 1. The van der Waals surface area contributed by atoms with Crippen molar-refractivity contribution in [2.24, 2.45) is 11.7 Å². The fourth-order valence-corrected chi connectivity index (χ4v) is 1.75. The summed E-state index contributed by atoms with van der Waals surface area (Å²) in [6, 6.07) is -0.422. The van der Waals surface area contributed by atoms with E-state index in [1.807, 2.05) is 18.4 Å². The summed E-state index contributed by atoms with van der Waals surface area (Å²) >= 11 is 0. The smallest absolute Gasteiger partial charge is 0.240 e. The second kappa shape index (κ2) is 4.21. The van der Waals surface area contributed by atoms with Gasteiger partial charge in [-0.05, 0) is 5.92 Å². The third-order valence-electron chi connectivity index (χ3n) is 2.95. The first kappa shape index (κ1) is 11.1. The third kappa shape index (κ3) is 1.92. The SMILES string of the molecule is CC(C)[C@@H](N)C(=O)N1CCn2cnnc2C1. The lowest BCUT2D eigenvalue weighted by Gasteiger charge is -2.30. The quantitative estimate of drug-likeness (QED) is 0.740. The summed E-state index contributed by atoms with van der Waals surface area (Å²) in [5.74, 6) is 0.993. The van der Waals surface area contributed by atoms with Crippen LogP contribution in [0.3, 0.4) is 0 Å². The molecule has 0 fully saturated rings. The van der Waals surface area contributed by atoms with Gasteiger partial charge in [0.05, 0.1) is 12.6 Å². The first-order chi connectivity index (χ1) is 7.59. The van der Waals surface area contributed by atoms with Gasteiger partial charge in [0.15, 0.2) is 5.82 Å². The van der Waals surface area contributed by atoms with Crippen molar-refractivity contribution in [2.75, 3.05) is 6.54 Å². The molecule has 6 nitrogen and oxygen atoms in total. The lowest BCUT2D eigenvalue weighted by Crippen LogP contribution is -2.49. The van der Waals surface area contributed by atoms with Gasteiger partial charge >= 0.3 is 0 Å². The summed E-state index contributed by atoms with van der Waals surface area (Å²) in [4.78, 5) is 13.8. The van der Waals surface area contributed by atoms with Crippen LogP contribution < -0.4 is 5.73 Å². The molecule has 1 aromatic heterocycles. The molecule has 0 aliphatic carbocycles. The van der Waals surface area contributed by atoms with Gasteiger partial charge in [-0.2, -0.15) is 0 Å². The van der Waals surface area contributed by atoms with E-state index >= 15 is 0 Å². The topological polar surface area (TPSA) is 77.0 Å². The summed E-state index contributed by atoms with van der Waals surface area (Å²) in [5, 5.41) is 7.79. The molecule has 2 N–H and O–H groups in total. The van der Waals surface area contributed by atoms with Crippen LogP contribution in [-0.2, 0) is 17.9 Å². The Morgan fingerprint density at radius 1 is 1.50 bits per heavy atom. The number of carbonyl (C=O) groups is 1. The Kier molecular flexibility index (Phi) is 2.91. The van der Waals surface area contributed by atoms with Crippen molar-refractivity contribution < 1.29 is 4.79 Å². The zero-order valence-electron chi connectivity index (χ0n) is 9.63. The molecule has 2 heterocycles. The number of nitrogens with two attached hydrogens (primary N) is 1. The fourth-order valence-electron chi connectivity index (χ4n) is 1.75. The van der Waals surface area contributed by atoms with Crippen molar-refractivity contribution in [3.05, 3.63) is 12.2 Å². The molecule has 1 aliphatic heterocycles. The van der Waals surface area contributed by atoms with Crippen LogP contribution >= 0.6 is 0 Å². The van der Waals surface area contributed by atoms with Crippen LogP contribution in [0.25, 0.3) is 0 Å². The number of hydrogen-bond acceptors (Lipinski definition) is 4. The standard InChI is InChI=1S/C10H17N5O/c1-7(2)9(11)10(16)14-3-4-15-6-12-13-8(15)5-14/h6-7,9H,3-5,11H2,1-2H3/t9-/m1/s1. The number of carbonyl (C=O) groups excluding carboxylic acids is 1. The molecule has 0 unspecified atom stereocenters. The zero-order valence-corrected chi connectivity index (χ0v) is 9.63. The van der Waals surface area contributed by atoms with Gasteiger partial charge in [0.2, 0.25) is 5.91 Å². The van der Waals surface area contributed by atoms with E-state index in [1.54, 1.807) is 11.2 Å². The molecule has 6 heteroatoms. The molecule has 0 radical (unpaired) electrons. The average Bonchev–Trinajstić information content (AvgIpc) is 2.73. The molecule has 0 bridgehead atoms. The summed E-state index contributed by atoms with van der Waals surface area (Å²) < 4.78 is 1.96. The maximum Gasteiger partial charge on any atom is 0.240 e. The predicted molar refractivity (Wildman–Crippen MR) is 58.3 cm³/mol. The van der Waals surface area contributed by atoms with Gasteiger partial charge in [-0.3, -0.25) is 4.79 Å². The summed E-state index contributed by atoms with van der Waals surface area (Å²) in [5.41, 5.74) is 5.85. The first-order valence-electron chi connectivity index (χ1n) is 5.50. The molecular formula is C10H17N5O. The molecule has 16 heavy (non-hydrogen) atoms. The maximum atomic E-state index is 12.0. The van der Waals surface area contributed by atoms with Gasteiger partial charge in [0, 0.05) is 13.1 Å². The number of rotatable bonds is 2. The number of aromatic nitrogens is 3. The van der Waals surface area contributed by atoms with Crippen LogP contribution in [-0.4, -0.2) is 38.2 Å². The highest BCUT2D eigenvalue weighted by Crippen LogP contribution is 2.12. The summed E-state index contributed by atoms with van der Waals surface area (Å²) in [7, 11) is 0. The average molecular weight is 223 g/mol. The van der Waals surface area contributed by atoms with Crippen molar-refractivity contribution in [2.45, 2.75) is 33.0 Å². The van der Waals surface area contributed by atoms with Gasteiger partial charge in [0.25, 0.3) is 0 Å². The molecule has 0 saturated carbocycles. The van der Waals surface area contributed by atoms with Gasteiger partial charge in [-0.15, -0.1) is 10.2 Å². The van der Waals surface area contributed by atoms with E-state index in [0.717, 1.165) is 12.4 Å². The predicted octanol–water partition coefficient (Wildman–Crippen LogP) is -0.396. The zero-order chi connectivity index (χ0) is 11.7. The minimum Gasteiger partial charge on any atom is -0.332 e. The van der Waals surface area contributed by atoms with Crippen molar-refractivity contribution >= 4 is 5.91 Å². The van der Waals surface area contributed by atoms with Crippen LogP contribution in [0.2, 0.25) is 0 Å². The Balaban J connectivity index is 2.06. The molecule has 1 atom stereocenters. The van der Waals surface area contributed by atoms with E-state index in [9.17, 15) is 4.79 Å². The molecule has 88 valence electrons. The van der Waals surface area contributed by atoms with Crippen LogP contribution in [0.15, 0.2) is 6.33 Å². The van der Waals surface area contributed by atoms with Gasteiger partial charge in [0.1, 0.15) is 6.33 Å². The molecular weight excluding hydrogens is 206 g/mol. The Labute approximate surface area is 94.4 Å². The second-order valence-electron chi connectivity index (χ2n) is 4.47. The fraction of sp³-hybridized carbons (Fsp3) is 0.700. The Morgan fingerprint density at radius 2 is 2.25 bits per heavy atom. The molecule has 1 aromatic rings. The lowest BCUT2D eigenvalue weighted by molar-refractivity contribution is -0.135. The largest absolute Gasteiger partial charge is 0.332 e. The highest BCUT2D eigenvalue weighted by molar-refractivity contribution is 5.81. The third-order valence-corrected chi connectivity index (χ3v) is 2.95. The van der Waals surface area contributed by atoms with Gasteiger partial charge in [-0.25, -0.2) is 0 Å². The minimum absolute atomic E-state index is 0.00394. The number of fused-ring (bicyclic) bond motifs is 1. The highest BCUT2D eigenvalue weighted by atomic mass is 16.2. The summed E-state index contributed by atoms with van der Waals surface area (Å²) in [6.45, 7) is 5.85. The number of amides is 1. The molecule has 2 rings (SSSR count). The van der Waals surface area contributed by atoms with E-state index in [-0.39, 0.29) is 11.8 Å². The van der Waals surface area contributed by atoms with E-state index in [1.165, 1.54) is 0 Å². The van der Waals surface area contributed by atoms with E-state index in [2.05, 4.69) is 10.2 Å². The Bertz CT molecular complexity index is 386. The van der Waals surface area contributed by atoms with Crippen LogP contribution in [0.5, 0.6) is 0 Å². The molecule has 1 amide bonds. The second-order valence-corrected chi connectivity index (χ2v) is 4.47. The van der Waals surface area contributed by atoms with Crippen molar-refractivity contribution in [3.63, 3.8) is 0 Å². The van der Waals surface area contributed by atoms with E-state index < -0.39 is 6.04 Å². The van der Waals surface area contributed by atoms with E-state index in [4.69, 9.17) is 5.73 Å². The van der Waals surface area contributed by atoms with Crippen LogP contribution in [0.4, 0.5) is 0 Å². The normalized spacial score (nSPS) is 17.4. The molecule has 1 aliphatic rings. The Morgan fingerprint density at radius 3 is 2.94 bits per heavy atom. The van der Waals surface area contributed by atoms with Crippen LogP contribution in [0.1, 0.15) is 19.7 Å². The lowest BCUT2D eigenvalue weighted by atomic mass is 10.0. The number of nitrogens with zero attached hydrogens (tertiary/aromatic N) is 4. The van der Waals surface area contributed by atoms with Crippen molar-refractivity contribution in [1.29, 1.82) is 0 Å². The monoisotopic (exact) mass is 223 g/mol. The van der Waals surface area contributed by atoms with Crippen molar-refractivity contribution in [1.82, 2.24) is 19.7 Å². The van der Waals surface area contributed by atoms with E-state index in [0.29, 0.717) is 13.1 Å². The van der Waals surface area contributed by atoms with Crippen molar-refractivity contribution in [3.8, 4) is 0 Å². The highest BCUT2D eigenvalue weighted by Gasteiger charge is 2.27. The van der Waals surface area contributed by atoms with Gasteiger partial charge < -0.3 is 15.2 Å². The molecule has 0 aromatic carbocycles. The maximum absolute atomic E-state index is 12.0. The summed E-state index contributed by atoms with van der Waals surface area (Å²) in [6.07, 6.45) is 1.69. The van der Waals surface area contributed by atoms with Gasteiger partial charge in [-0.1, -0.05) is 13.8 Å². The van der Waals surface area contributed by atoms with Crippen LogP contribution in [0, 0.1) is 5.92 Å². The Hall–Kier alpha value is -1.43. The first-order valence-corrected chi connectivity index (χ1v) is 5.50. The molecule has 0 saturated heterocycles. The molecule has 0 spiro atoms.